The van der Waals surface area contributed by atoms with Gasteiger partial charge >= 0.3 is 0 Å². The van der Waals surface area contributed by atoms with Crippen LogP contribution in [0.25, 0.3) is 0 Å². The first-order chi connectivity index (χ1) is 7.13. The number of rotatable bonds is 4. The molecule has 0 fully saturated rings. The van der Waals surface area contributed by atoms with E-state index in [9.17, 15) is 8.78 Å². The molecule has 1 aromatic rings. The molecule has 5 nitrogen and oxygen atoms in total. The van der Waals surface area contributed by atoms with Crippen molar-refractivity contribution in [3.63, 3.8) is 0 Å². The summed E-state index contributed by atoms with van der Waals surface area (Å²) in [6, 6.07) is 4.36. The van der Waals surface area contributed by atoms with Crippen LogP contribution in [0, 0.1) is 0 Å². The van der Waals surface area contributed by atoms with Gasteiger partial charge in [-0.25, -0.2) is 13.8 Å². The van der Waals surface area contributed by atoms with Gasteiger partial charge in [0.2, 0.25) is 5.88 Å². The molecule has 0 aromatic carbocycles. The molecule has 0 aliphatic rings. The van der Waals surface area contributed by atoms with Gasteiger partial charge in [0.25, 0.3) is 6.43 Å². The van der Waals surface area contributed by atoms with E-state index in [0.717, 1.165) is 0 Å². The van der Waals surface area contributed by atoms with Gasteiger partial charge in [-0.2, -0.15) is 0 Å². The standard InChI is InChI=1S/C8H9F2N3O2/c9-6(10)4-15-7-3-1-2-5(12-7)8(11)13-14/h1-3,6,14H,4H2,(H2,11,13). The van der Waals surface area contributed by atoms with E-state index < -0.39 is 13.0 Å². The summed E-state index contributed by atoms with van der Waals surface area (Å²) in [7, 11) is 0. The summed E-state index contributed by atoms with van der Waals surface area (Å²) in [6.45, 7) is -0.743. The van der Waals surface area contributed by atoms with Gasteiger partial charge < -0.3 is 15.7 Å². The van der Waals surface area contributed by atoms with E-state index in [2.05, 4.69) is 14.9 Å². The first-order valence-corrected chi connectivity index (χ1v) is 3.99. The van der Waals surface area contributed by atoms with E-state index in [0.29, 0.717) is 0 Å². The second kappa shape index (κ2) is 5.08. The Labute approximate surface area is 84.2 Å². The SMILES string of the molecule is N/C(=N/O)c1cccc(OCC(F)F)n1. The molecule has 0 spiro atoms. The number of aromatic nitrogens is 1. The quantitative estimate of drug-likeness (QED) is 0.338. The molecule has 82 valence electrons. The number of hydrogen-bond acceptors (Lipinski definition) is 4. The smallest absolute Gasteiger partial charge is 0.272 e. The van der Waals surface area contributed by atoms with E-state index in [1.807, 2.05) is 0 Å². The maximum absolute atomic E-state index is 11.8. The van der Waals surface area contributed by atoms with Gasteiger partial charge in [-0.15, -0.1) is 0 Å². The number of alkyl halides is 2. The Balaban J connectivity index is 2.74. The minimum Gasteiger partial charge on any atom is -0.472 e. The van der Waals surface area contributed by atoms with Crippen LogP contribution in [0.3, 0.4) is 0 Å². The first-order valence-electron chi connectivity index (χ1n) is 3.99. The number of halogens is 2. The molecule has 0 aliphatic carbocycles. The molecular weight excluding hydrogens is 208 g/mol. The molecule has 0 unspecified atom stereocenters. The van der Waals surface area contributed by atoms with Crippen molar-refractivity contribution in [2.75, 3.05) is 6.61 Å². The minimum atomic E-state index is -2.57. The fourth-order valence-corrected chi connectivity index (χ4v) is 0.837. The maximum Gasteiger partial charge on any atom is 0.272 e. The molecule has 0 aliphatic heterocycles. The van der Waals surface area contributed by atoms with E-state index in [4.69, 9.17) is 10.9 Å². The molecule has 1 aromatic heterocycles. The van der Waals surface area contributed by atoms with Crippen molar-refractivity contribution in [3.8, 4) is 5.88 Å². The average molecular weight is 217 g/mol. The molecule has 3 N–H and O–H groups in total. The third-order valence-electron chi connectivity index (χ3n) is 1.45. The van der Waals surface area contributed by atoms with Gasteiger partial charge in [0, 0.05) is 6.07 Å². The Hall–Kier alpha value is -1.92. The molecule has 0 atom stereocenters. The van der Waals surface area contributed by atoms with Crippen LogP contribution in [0.2, 0.25) is 0 Å². The molecular formula is C8H9F2N3O2. The summed E-state index contributed by atoms with van der Waals surface area (Å²) in [5.41, 5.74) is 5.41. The number of hydrogen-bond donors (Lipinski definition) is 2. The summed E-state index contributed by atoms with van der Waals surface area (Å²) in [5.74, 6) is -0.211. The van der Waals surface area contributed by atoms with Crippen molar-refractivity contribution in [2.24, 2.45) is 10.9 Å². The molecule has 0 amide bonds. The second-order valence-corrected chi connectivity index (χ2v) is 2.55. The monoisotopic (exact) mass is 217 g/mol. The first kappa shape index (κ1) is 11.2. The van der Waals surface area contributed by atoms with Gasteiger partial charge in [-0.1, -0.05) is 11.2 Å². The van der Waals surface area contributed by atoms with E-state index in [-0.39, 0.29) is 17.4 Å². The highest BCUT2D eigenvalue weighted by molar-refractivity contribution is 5.95. The molecule has 1 rings (SSSR count). The van der Waals surface area contributed by atoms with Crippen molar-refractivity contribution in [1.82, 2.24) is 4.98 Å². The van der Waals surface area contributed by atoms with Crippen LogP contribution in [0.4, 0.5) is 8.78 Å². The van der Waals surface area contributed by atoms with Crippen LogP contribution in [-0.4, -0.2) is 29.1 Å². The molecule has 0 radical (unpaired) electrons. The Morgan fingerprint density at radius 1 is 1.60 bits per heavy atom. The Kier molecular flexibility index (Phi) is 3.78. The summed E-state index contributed by atoms with van der Waals surface area (Å²) in [5, 5.41) is 11.1. The lowest BCUT2D eigenvalue weighted by atomic mass is 10.3. The van der Waals surface area contributed by atoms with Gasteiger partial charge in [0.05, 0.1) is 0 Å². The lowest BCUT2D eigenvalue weighted by molar-refractivity contribution is 0.0796. The molecule has 0 saturated heterocycles. The van der Waals surface area contributed by atoms with Crippen LogP contribution in [0.15, 0.2) is 23.4 Å². The zero-order valence-electron chi connectivity index (χ0n) is 7.60. The predicted octanol–water partition coefficient (Wildman–Crippen LogP) is 0.820. The molecule has 15 heavy (non-hydrogen) atoms. The fourth-order valence-electron chi connectivity index (χ4n) is 0.837. The van der Waals surface area contributed by atoms with Crippen LogP contribution < -0.4 is 10.5 Å². The summed E-state index contributed by atoms with van der Waals surface area (Å²) >= 11 is 0. The lowest BCUT2D eigenvalue weighted by Crippen LogP contribution is -2.16. The predicted molar refractivity (Wildman–Crippen MR) is 48.2 cm³/mol. The third kappa shape index (κ3) is 3.37. The van der Waals surface area contributed by atoms with Gasteiger partial charge in [0.15, 0.2) is 12.4 Å². The summed E-state index contributed by atoms with van der Waals surface area (Å²) in [4.78, 5) is 3.74. The molecule has 7 heteroatoms. The Morgan fingerprint density at radius 3 is 2.93 bits per heavy atom. The molecule has 1 heterocycles. The zero-order chi connectivity index (χ0) is 11.3. The van der Waals surface area contributed by atoms with Gasteiger partial charge in [-0.3, -0.25) is 0 Å². The highest BCUT2D eigenvalue weighted by atomic mass is 19.3. The third-order valence-corrected chi connectivity index (χ3v) is 1.45. The topological polar surface area (TPSA) is 80.7 Å². The second-order valence-electron chi connectivity index (χ2n) is 2.55. The number of pyridine rings is 1. The lowest BCUT2D eigenvalue weighted by Gasteiger charge is -2.05. The number of amidine groups is 1. The van der Waals surface area contributed by atoms with Crippen LogP contribution in [0.5, 0.6) is 5.88 Å². The van der Waals surface area contributed by atoms with Gasteiger partial charge in [-0.05, 0) is 6.07 Å². The minimum absolute atomic E-state index is 0.000556. The van der Waals surface area contributed by atoms with Crippen molar-refractivity contribution in [2.45, 2.75) is 6.43 Å². The van der Waals surface area contributed by atoms with E-state index in [1.54, 1.807) is 0 Å². The highest BCUT2D eigenvalue weighted by Crippen LogP contribution is 2.08. The maximum atomic E-state index is 11.8. The average Bonchev–Trinajstić information content (AvgIpc) is 2.25. The number of oxime groups is 1. The summed E-state index contributed by atoms with van der Waals surface area (Å²) < 4.78 is 28.3. The highest BCUT2D eigenvalue weighted by Gasteiger charge is 2.06. The van der Waals surface area contributed by atoms with Gasteiger partial charge in [0.1, 0.15) is 5.69 Å². The molecule has 0 bridgehead atoms. The number of nitrogens with zero attached hydrogens (tertiary/aromatic N) is 2. The van der Waals surface area contributed by atoms with Crippen molar-refractivity contribution in [3.05, 3.63) is 23.9 Å². The van der Waals surface area contributed by atoms with Crippen LogP contribution in [0.1, 0.15) is 5.69 Å². The fraction of sp³-hybridized carbons (Fsp3) is 0.250. The van der Waals surface area contributed by atoms with Crippen molar-refractivity contribution in [1.29, 1.82) is 0 Å². The normalized spacial score (nSPS) is 11.8. The Bertz CT molecular complexity index is 357. The summed E-state index contributed by atoms with van der Waals surface area (Å²) in [6.07, 6.45) is -2.57. The van der Waals surface area contributed by atoms with Crippen molar-refractivity contribution < 1.29 is 18.7 Å². The number of ether oxygens (including phenoxy) is 1. The van der Waals surface area contributed by atoms with Crippen LogP contribution >= 0.6 is 0 Å². The Morgan fingerprint density at radius 2 is 2.33 bits per heavy atom. The van der Waals surface area contributed by atoms with E-state index >= 15 is 0 Å². The van der Waals surface area contributed by atoms with Crippen molar-refractivity contribution >= 4 is 5.84 Å². The largest absolute Gasteiger partial charge is 0.472 e. The van der Waals surface area contributed by atoms with Crippen LogP contribution in [-0.2, 0) is 0 Å². The molecule has 0 saturated carbocycles. The van der Waals surface area contributed by atoms with E-state index in [1.165, 1.54) is 18.2 Å². The zero-order valence-corrected chi connectivity index (χ0v) is 7.60. The number of nitrogens with two attached hydrogens (primary N) is 1.